The first-order valence-corrected chi connectivity index (χ1v) is 12.5. The van der Waals surface area contributed by atoms with Crippen LogP contribution in [0.4, 0.5) is 5.95 Å². The summed E-state index contributed by atoms with van der Waals surface area (Å²) in [6.07, 6.45) is 2.18. The number of carbonyl (C=O) groups excluding carboxylic acids is 1. The summed E-state index contributed by atoms with van der Waals surface area (Å²) in [5.41, 5.74) is 2.86. The highest BCUT2D eigenvalue weighted by molar-refractivity contribution is 9.10. The van der Waals surface area contributed by atoms with Gasteiger partial charge in [0.25, 0.3) is 0 Å². The second-order valence-electron chi connectivity index (χ2n) is 7.91. The van der Waals surface area contributed by atoms with Crippen LogP contribution in [0, 0.1) is 0 Å². The number of carbonyl (C=O) groups is 1. The van der Waals surface area contributed by atoms with Crippen LogP contribution in [0.2, 0.25) is 5.02 Å². The van der Waals surface area contributed by atoms with Crippen LogP contribution in [0.15, 0.2) is 58.5 Å². The smallest absolute Gasteiger partial charge is 0.338 e. The van der Waals surface area contributed by atoms with Gasteiger partial charge in [-0.25, -0.2) is 9.48 Å². The molecule has 184 valence electrons. The van der Waals surface area contributed by atoms with Gasteiger partial charge in [0, 0.05) is 10.7 Å². The Morgan fingerprint density at radius 1 is 1.20 bits per heavy atom. The minimum absolute atomic E-state index is 0.331. The number of benzene rings is 2. The van der Waals surface area contributed by atoms with Crippen LogP contribution < -0.4 is 14.8 Å². The normalized spacial score (nSPS) is 14.8. The summed E-state index contributed by atoms with van der Waals surface area (Å²) < 4.78 is 19.9. The highest BCUT2D eigenvalue weighted by Gasteiger charge is 2.35. The number of hydrogen-bond donors (Lipinski definition) is 1. The van der Waals surface area contributed by atoms with Gasteiger partial charge in [0.2, 0.25) is 5.95 Å². The molecule has 4 rings (SSSR count). The van der Waals surface area contributed by atoms with E-state index in [1.165, 1.54) is 6.33 Å². The summed E-state index contributed by atoms with van der Waals surface area (Å²) in [6, 6.07) is 10.7. The zero-order chi connectivity index (χ0) is 24.9. The van der Waals surface area contributed by atoms with Crippen molar-refractivity contribution in [2.24, 2.45) is 0 Å². The predicted octanol–water partition coefficient (Wildman–Crippen LogP) is 5.91. The fourth-order valence-electron chi connectivity index (χ4n) is 3.82. The molecule has 0 amide bonds. The van der Waals surface area contributed by atoms with Gasteiger partial charge in [0.1, 0.15) is 19.0 Å². The number of halogens is 2. The van der Waals surface area contributed by atoms with Gasteiger partial charge in [-0.05, 0) is 71.6 Å². The SMILES string of the molecule is CCCOC(=O)C1=C(C)Nc2ncnn2C1c1cc(Br)c(OCc2ccc(Cl)cc2)c(OCC)c1. The maximum Gasteiger partial charge on any atom is 0.338 e. The van der Waals surface area contributed by atoms with Crippen molar-refractivity contribution in [2.45, 2.75) is 39.8 Å². The number of hydrogen-bond acceptors (Lipinski definition) is 7. The fourth-order valence-corrected chi connectivity index (χ4v) is 4.52. The van der Waals surface area contributed by atoms with E-state index in [2.05, 4.69) is 31.3 Å². The van der Waals surface area contributed by atoms with Crippen LogP contribution >= 0.6 is 27.5 Å². The largest absolute Gasteiger partial charge is 0.490 e. The Labute approximate surface area is 217 Å². The number of aromatic nitrogens is 3. The van der Waals surface area contributed by atoms with E-state index in [1.54, 1.807) is 4.68 Å². The highest BCUT2D eigenvalue weighted by atomic mass is 79.9. The topological polar surface area (TPSA) is 87.5 Å². The van der Waals surface area contributed by atoms with Gasteiger partial charge in [-0.1, -0.05) is 30.7 Å². The Morgan fingerprint density at radius 3 is 2.69 bits per heavy atom. The molecule has 1 aliphatic rings. The van der Waals surface area contributed by atoms with E-state index in [0.29, 0.717) is 58.0 Å². The molecule has 1 atom stereocenters. The lowest BCUT2D eigenvalue weighted by Crippen LogP contribution is -2.30. The van der Waals surface area contributed by atoms with Crippen LogP contribution in [0.5, 0.6) is 11.5 Å². The molecular weight excluding hydrogens is 536 g/mol. The standard InChI is InChI=1S/C25H26BrClN4O4/c1-4-10-34-24(32)21-15(3)30-25-28-14-29-31(25)22(21)17-11-19(26)23(20(12-17)33-5-2)35-13-16-6-8-18(27)9-7-16/h6-9,11-12,14,22H,4-5,10,13H2,1-3H3,(H,28,29,30). The predicted molar refractivity (Wildman–Crippen MR) is 137 cm³/mol. The maximum absolute atomic E-state index is 13.1. The fraction of sp³-hybridized carbons (Fsp3) is 0.320. The molecule has 0 bridgehead atoms. The minimum atomic E-state index is -0.557. The van der Waals surface area contributed by atoms with E-state index < -0.39 is 12.0 Å². The van der Waals surface area contributed by atoms with Gasteiger partial charge in [0.05, 0.1) is 23.3 Å². The van der Waals surface area contributed by atoms with E-state index in [0.717, 1.165) is 17.5 Å². The summed E-state index contributed by atoms with van der Waals surface area (Å²) in [6.45, 7) is 6.79. The van der Waals surface area contributed by atoms with E-state index in [-0.39, 0.29) is 0 Å². The zero-order valence-electron chi connectivity index (χ0n) is 19.7. The third-order valence-corrected chi connectivity index (χ3v) is 6.24. The van der Waals surface area contributed by atoms with Crippen LogP contribution in [-0.4, -0.2) is 33.9 Å². The van der Waals surface area contributed by atoms with E-state index in [1.807, 2.05) is 57.2 Å². The quantitative estimate of drug-likeness (QED) is 0.325. The Bertz CT molecular complexity index is 1240. The molecule has 2 heterocycles. The zero-order valence-corrected chi connectivity index (χ0v) is 22.0. The Balaban J connectivity index is 1.73. The number of nitrogens with zero attached hydrogens (tertiary/aromatic N) is 3. The Morgan fingerprint density at radius 2 is 1.97 bits per heavy atom. The van der Waals surface area contributed by atoms with Crippen LogP contribution in [0.3, 0.4) is 0 Å². The molecule has 1 aliphatic heterocycles. The number of ether oxygens (including phenoxy) is 3. The van der Waals surface area contributed by atoms with Crippen molar-refractivity contribution in [1.82, 2.24) is 14.8 Å². The number of rotatable bonds is 9. The van der Waals surface area contributed by atoms with Gasteiger partial charge in [-0.15, -0.1) is 0 Å². The third-order valence-electron chi connectivity index (χ3n) is 5.40. The summed E-state index contributed by atoms with van der Waals surface area (Å²) in [4.78, 5) is 17.4. The molecule has 0 spiro atoms. The van der Waals surface area contributed by atoms with Crippen molar-refractivity contribution in [2.75, 3.05) is 18.5 Å². The van der Waals surface area contributed by atoms with E-state index in [9.17, 15) is 4.79 Å². The molecule has 0 saturated heterocycles. The first kappa shape index (κ1) is 25.1. The number of nitrogens with one attached hydrogen (secondary N) is 1. The van der Waals surface area contributed by atoms with Crippen molar-refractivity contribution in [1.29, 1.82) is 0 Å². The van der Waals surface area contributed by atoms with E-state index >= 15 is 0 Å². The molecule has 0 saturated carbocycles. The lowest BCUT2D eigenvalue weighted by molar-refractivity contribution is -0.139. The molecule has 1 N–H and O–H groups in total. The van der Waals surface area contributed by atoms with Gasteiger partial charge in [0.15, 0.2) is 11.5 Å². The number of fused-ring (bicyclic) bond motifs is 1. The average molecular weight is 562 g/mol. The summed E-state index contributed by atoms with van der Waals surface area (Å²) in [7, 11) is 0. The van der Waals surface area contributed by atoms with Crippen molar-refractivity contribution in [3.05, 3.63) is 74.6 Å². The summed E-state index contributed by atoms with van der Waals surface area (Å²) >= 11 is 9.64. The van der Waals surface area contributed by atoms with Gasteiger partial charge in [-0.2, -0.15) is 10.1 Å². The molecule has 35 heavy (non-hydrogen) atoms. The molecule has 1 unspecified atom stereocenters. The Hall–Kier alpha value is -3.04. The minimum Gasteiger partial charge on any atom is -0.490 e. The van der Waals surface area contributed by atoms with Crippen molar-refractivity contribution in [3.63, 3.8) is 0 Å². The molecule has 8 nitrogen and oxygen atoms in total. The van der Waals surface area contributed by atoms with Crippen LogP contribution in [0.25, 0.3) is 0 Å². The van der Waals surface area contributed by atoms with Crippen molar-refractivity contribution >= 4 is 39.4 Å². The van der Waals surface area contributed by atoms with Gasteiger partial charge in [-0.3, -0.25) is 0 Å². The molecule has 1 aromatic heterocycles. The Kier molecular flexibility index (Phi) is 7.97. The van der Waals surface area contributed by atoms with Gasteiger partial charge < -0.3 is 19.5 Å². The average Bonchev–Trinajstić information content (AvgIpc) is 3.30. The number of allylic oxidation sites excluding steroid dienone is 1. The molecule has 0 fully saturated rings. The first-order valence-electron chi connectivity index (χ1n) is 11.3. The van der Waals surface area contributed by atoms with Gasteiger partial charge >= 0.3 is 5.97 Å². The van der Waals surface area contributed by atoms with Crippen LogP contribution in [0.1, 0.15) is 44.4 Å². The highest BCUT2D eigenvalue weighted by Crippen LogP contribution is 2.43. The molecule has 0 radical (unpaired) electrons. The van der Waals surface area contributed by atoms with Crippen LogP contribution in [-0.2, 0) is 16.1 Å². The summed E-state index contributed by atoms with van der Waals surface area (Å²) in [5, 5.41) is 8.19. The lowest BCUT2D eigenvalue weighted by atomic mass is 9.95. The molecule has 3 aromatic rings. The van der Waals surface area contributed by atoms with Crippen molar-refractivity contribution < 1.29 is 19.0 Å². The number of esters is 1. The number of anilines is 1. The molecule has 10 heteroatoms. The molecule has 0 aliphatic carbocycles. The van der Waals surface area contributed by atoms with Crippen molar-refractivity contribution in [3.8, 4) is 11.5 Å². The third kappa shape index (κ3) is 5.46. The summed E-state index contributed by atoms with van der Waals surface area (Å²) in [5.74, 6) is 1.25. The second-order valence-corrected chi connectivity index (χ2v) is 9.20. The molecular formula is C25H26BrClN4O4. The van der Waals surface area contributed by atoms with E-state index in [4.69, 9.17) is 25.8 Å². The maximum atomic E-state index is 13.1. The molecule has 2 aromatic carbocycles. The monoisotopic (exact) mass is 560 g/mol. The second kappa shape index (κ2) is 11.1. The lowest BCUT2D eigenvalue weighted by Gasteiger charge is -2.29. The first-order chi connectivity index (χ1) is 16.9.